The number of benzene rings is 2. The highest BCUT2D eigenvalue weighted by Crippen LogP contribution is 2.31. The fraction of sp³-hybridized carbons (Fsp3) is 0. The van der Waals surface area contributed by atoms with Gasteiger partial charge in [0.25, 0.3) is 0 Å². The van der Waals surface area contributed by atoms with Gasteiger partial charge in [-0.05, 0) is 30.3 Å². The summed E-state index contributed by atoms with van der Waals surface area (Å²) in [4.78, 5) is 7.99. The number of halogens is 4. The highest BCUT2D eigenvalue weighted by Gasteiger charge is 2.12. The van der Waals surface area contributed by atoms with Crippen LogP contribution in [0.2, 0.25) is 10.0 Å². The number of nitrogens with zero attached hydrogens (tertiary/aromatic N) is 2. The van der Waals surface area contributed by atoms with Crippen molar-refractivity contribution in [2.75, 3.05) is 16.4 Å². The van der Waals surface area contributed by atoms with Gasteiger partial charge in [0, 0.05) is 11.8 Å². The Kier molecular flexibility index (Phi) is 4.87. The van der Waals surface area contributed by atoms with Gasteiger partial charge in [-0.15, -0.1) is 0 Å². The maximum atomic E-state index is 13.8. The molecule has 0 aliphatic carbocycles. The largest absolute Gasteiger partial charge is 0.393 e. The Morgan fingerprint density at radius 2 is 1.60 bits per heavy atom. The van der Waals surface area contributed by atoms with E-state index in [2.05, 4.69) is 20.6 Å². The van der Waals surface area contributed by atoms with Crippen molar-refractivity contribution < 1.29 is 8.78 Å². The Labute approximate surface area is 151 Å². The second kappa shape index (κ2) is 7.08. The second-order valence-electron chi connectivity index (χ2n) is 4.99. The van der Waals surface area contributed by atoms with Crippen LogP contribution in [0.3, 0.4) is 0 Å². The maximum absolute atomic E-state index is 13.8. The molecule has 0 spiro atoms. The molecule has 128 valence electrons. The fourth-order valence-corrected chi connectivity index (χ4v) is 2.32. The molecule has 3 aromatic rings. The molecule has 0 saturated heterocycles. The summed E-state index contributed by atoms with van der Waals surface area (Å²) < 4.78 is 27.0. The molecular formula is C16H11Cl2F2N5. The van der Waals surface area contributed by atoms with E-state index in [9.17, 15) is 8.78 Å². The van der Waals surface area contributed by atoms with Crippen LogP contribution in [0.5, 0.6) is 0 Å². The van der Waals surface area contributed by atoms with Gasteiger partial charge in [-0.3, -0.25) is 0 Å². The smallest absolute Gasteiger partial charge is 0.159 e. The average molecular weight is 382 g/mol. The highest BCUT2D eigenvalue weighted by atomic mass is 35.5. The predicted octanol–water partition coefficient (Wildman–Crippen LogP) is 5.13. The van der Waals surface area contributed by atoms with Crippen molar-refractivity contribution >= 4 is 51.9 Å². The number of nitrogen functional groups attached to an aromatic ring is 1. The van der Waals surface area contributed by atoms with E-state index in [1.165, 1.54) is 6.33 Å². The zero-order valence-electron chi connectivity index (χ0n) is 12.5. The minimum absolute atomic E-state index is 0.0918. The first-order valence-corrected chi connectivity index (χ1v) is 7.74. The van der Waals surface area contributed by atoms with Gasteiger partial charge >= 0.3 is 0 Å². The first-order valence-electron chi connectivity index (χ1n) is 6.98. The summed E-state index contributed by atoms with van der Waals surface area (Å²) >= 11 is 11.8. The second-order valence-corrected chi connectivity index (χ2v) is 5.80. The predicted molar refractivity (Wildman–Crippen MR) is 95.8 cm³/mol. The monoisotopic (exact) mass is 381 g/mol. The minimum atomic E-state index is -0.640. The van der Waals surface area contributed by atoms with Crippen molar-refractivity contribution in [3.8, 4) is 0 Å². The van der Waals surface area contributed by atoms with Crippen LogP contribution in [-0.2, 0) is 0 Å². The molecule has 0 aliphatic heterocycles. The van der Waals surface area contributed by atoms with Crippen LogP contribution in [0.25, 0.3) is 0 Å². The Morgan fingerprint density at radius 1 is 0.880 bits per heavy atom. The highest BCUT2D eigenvalue weighted by molar-refractivity contribution is 6.42. The molecule has 0 atom stereocenters. The first kappa shape index (κ1) is 17.2. The molecule has 0 unspecified atom stereocenters. The Hall–Kier alpha value is -2.64. The molecule has 0 bridgehead atoms. The number of nitrogens with two attached hydrogens (primary N) is 1. The molecule has 0 fully saturated rings. The van der Waals surface area contributed by atoms with Crippen LogP contribution in [0.1, 0.15) is 0 Å². The molecule has 0 amide bonds. The van der Waals surface area contributed by atoms with Gasteiger partial charge in [-0.25, -0.2) is 18.7 Å². The van der Waals surface area contributed by atoms with E-state index in [4.69, 9.17) is 28.9 Å². The van der Waals surface area contributed by atoms with Gasteiger partial charge in [0.15, 0.2) is 11.6 Å². The van der Waals surface area contributed by atoms with Crippen molar-refractivity contribution in [2.45, 2.75) is 0 Å². The van der Waals surface area contributed by atoms with Gasteiger partial charge in [0.1, 0.15) is 23.6 Å². The molecule has 9 heteroatoms. The van der Waals surface area contributed by atoms with Crippen molar-refractivity contribution in [1.82, 2.24) is 9.97 Å². The fourth-order valence-electron chi connectivity index (χ4n) is 2.03. The van der Waals surface area contributed by atoms with Crippen LogP contribution in [0, 0.1) is 11.6 Å². The summed E-state index contributed by atoms with van der Waals surface area (Å²) in [7, 11) is 0. The lowest BCUT2D eigenvalue weighted by atomic mass is 10.3. The van der Waals surface area contributed by atoms with E-state index in [-0.39, 0.29) is 23.0 Å². The van der Waals surface area contributed by atoms with Gasteiger partial charge in [-0.2, -0.15) is 0 Å². The van der Waals surface area contributed by atoms with Crippen molar-refractivity contribution in [2.24, 2.45) is 0 Å². The van der Waals surface area contributed by atoms with E-state index >= 15 is 0 Å². The van der Waals surface area contributed by atoms with E-state index in [0.29, 0.717) is 15.7 Å². The maximum Gasteiger partial charge on any atom is 0.159 e. The van der Waals surface area contributed by atoms with Crippen molar-refractivity contribution in [3.05, 3.63) is 64.4 Å². The third-order valence-corrected chi connectivity index (χ3v) is 3.99. The van der Waals surface area contributed by atoms with Crippen LogP contribution in [0.4, 0.5) is 37.5 Å². The Balaban J connectivity index is 1.89. The molecule has 0 radical (unpaired) electrons. The Bertz CT molecular complexity index is 936. The SMILES string of the molecule is Nc1c(Nc2ccc(Cl)c(Cl)c2)ncnc1Nc1cc(F)ccc1F. The van der Waals surface area contributed by atoms with Crippen LogP contribution in [0.15, 0.2) is 42.7 Å². The average Bonchev–Trinajstić information content (AvgIpc) is 2.58. The van der Waals surface area contributed by atoms with Crippen LogP contribution < -0.4 is 16.4 Å². The Morgan fingerprint density at radius 3 is 2.32 bits per heavy atom. The summed E-state index contributed by atoms with van der Waals surface area (Å²) in [6.45, 7) is 0. The number of hydrogen-bond donors (Lipinski definition) is 3. The molecule has 1 aromatic heterocycles. The van der Waals surface area contributed by atoms with Crippen molar-refractivity contribution in [1.29, 1.82) is 0 Å². The first-order chi connectivity index (χ1) is 11.9. The molecule has 4 N–H and O–H groups in total. The summed E-state index contributed by atoms with van der Waals surface area (Å²) in [6.07, 6.45) is 1.23. The van der Waals surface area contributed by atoms with E-state index < -0.39 is 11.6 Å². The zero-order valence-corrected chi connectivity index (χ0v) is 14.0. The molecule has 2 aromatic carbocycles. The summed E-state index contributed by atoms with van der Waals surface area (Å²) in [5.41, 5.74) is 6.64. The quantitative estimate of drug-likeness (QED) is 0.583. The third kappa shape index (κ3) is 3.89. The summed E-state index contributed by atoms with van der Waals surface area (Å²) in [5, 5.41) is 6.38. The lowest BCUT2D eigenvalue weighted by Crippen LogP contribution is -2.06. The lowest BCUT2D eigenvalue weighted by Gasteiger charge is -2.13. The van der Waals surface area contributed by atoms with Gasteiger partial charge in [0.05, 0.1) is 15.7 Å². The number of rotatable bonds is 4. The van der Waals surface area contributed by atoms with E-state index in [1.54, 1.807) is 18.2 Å². The number of aromatic nitrogens is 2. The van der Waals surface area contributed by atoms with Crippen molar-refractivity contribution in [3.63, 3.8) is 0 Å². The van der Waals surface area contributed by atoms with Gasteiger partial charge in [-0.1, -0.05) is 23.2 Å². The molecule has 25 heavy (non-hydrogen) atoms. The van der Waals surface area contributed by atoms with Gasteiger partial charge < -0.3 is 16.4 Å². The molecule has 0 saturated carbocycles. The third-order valence-electron chi connectivity index (χ3n) is 3.25. The van der Waals surface area contributed by atoms with Crippen LogP contribution in [-0.4, -0.2) is 9.97 Å². The number of anilines is 5. The minimum Gasteiger partial charge on any atom is -0.393 e. The molecule has 3 rings (SSSR count). The van der Waals surface area contributed by atoms with E-state index in [0.717, 1.165) is 18.2 Å². The summed E-state index contributed by atoms with van der Waals surface area (Å²) in [5.74, 6) is -0.834. The number of hydrogen-bond acceptors (Lipinski definition) is 5. The van der Waals surface area contributed by atoms with E-state index in [1.807, 2.05) is 0 Å². The molecule has 1 heterocycles. The molecular weight excluding hydrogens is 371 g/mol. The number of nitrogens with one attached hydrogen (secondary N) is 2. The van der Waals surface area contributed by atoms with Crippen LogP contribution >= 0.6 is 23.2 Å². The molecule has 5 nitrogen and oxygen atoms in total. The topological polar surface area (TPSA) is 75.9 Å². The molecule has 0 aliphatic rings. The normalized spacial score (nSPS) is 10.6. The van der Waals surface area contributed by atoms with Gasteiger partial charge in [0.2, 0.25) is 0 Å². The standard InChI is InChI=1S/C16H11Cl2F2N5/c17-10-3-2-9(6-11(10)18)24-15-14(21)16(23-7-22-15)25-13-5-8(19)1-4-12(13)20/h1-7H,21H2,(H2,22,23,24,25). The lowest BCUT2D eigenvalue weighted by molar-refractivity contribution is 0.603. The summed E-state index contributed by atoms with van der Waals surface area (Å²) in [6, 6.07) is 7.93. The zero-order chi connectivity index (χ0) is 18.0.